The molecule has 0 saturated heterocycles. The van der Waals surface area contributed by atoms with E-state index in [4.69, 9.17) is 0 Å². The summed E-state index contributed by atoms with van der Waals surface area (Å²) in [4.78, 5) is 16.2. The molecule has 1 amide bonds. The van der Waals surface area contributed by atoms with Crippen molar-refractivity contribution in [3.8, 4) is 0 Å². The third-order valence-corrected chi connectivity index (χ3v) is 4.17. The summed E-state index contributed by atoms with van der Waals surface area (Å²) in [5, 5.41) is 2.82. The first-order valence-electron chi connectivity index (χ1n) is 7.99. The van der Waals surface area contributed by atoms with Gasteiger partial charge in [-0.25, -0.2) is 4.98 Å². The average Bonchev–Trinajstić information content (AvgIpc) is 2.93. The molecular weight excluding hydrogens is 298 g/mol. The van der Waals surface area contributed by atoms with Crippen LogP contribution in [-0.2, 0) is 17.9 Å². The third kappa shape index (κ3) is 3.23. The third-order valence-electron chi connectivity index (χ3n) is 4.17. The zero-order valence-electron chi connectivity index (χ0n) is 14.0. The molecule has 2 aromatic carbocycles. The van der Waals surface area contributed by atoms with E-state index in [1.165, 1.54) is 22.8 Å². The van der Waals surface area contributed by atoms with Crippen molar-refractivity contribution in [2.24, 2.45) is 0 Å². The van der Waals surface area contributed by atoms with E-state index in [9.17, 15) is 4.79 Å². The summed E-state index contributed by atoms with van der Waals surface area (Å²) in [5.41, 5.74) is 5.75. The van der Waals surface area contributed by atoms with Crippen molar-refractivity contribution in [1.82, 2.24) is 14.9 Å². The van der Waals surface area contributed by atoms with E-state index in [0.717, 1.165) is 23.4 Å². The molecular formula is C20H21N3O. The first kappa shape index (κ1) is 16.0. The van der Waals surface area contributed by atoms with E-state index in [2.05, 4.69) is 59.6 Å². The van der Waals surface area contributed by atoms with Gasteiger partial charge in [0.2, 0.25) is 5.91 Å². The number of para-hydroxylation sites is 2. The second-order valence-electron chi connectivity index (χ2n) is 5.95. The molecule has 0 bridgehead atoms. The Kier molecular flexibility index (Phi) is 4.47. The minimum absolute atomic E-state index is 0.194. The summed E-state index contributed by atoms with van der Waals surface area (Å²) < 4.78 is 2.17. The highest BCUT2D eigenvalue weighted by Gasteiger charge is 2.12. The molecule has 0 aliphatic rings. The van der Waals surface area contributed by atoms with Crippen LogP contribution in [0.3, 0.4) is 0 Å². The maximum absolute atomic E-state index is 11.5. The van der Waals surface area contributed by atoms with Gasteiger partial charge < -0.3 is 9.88 Å². The largest absolute Gasteiger partial charge is 0.345 e. The topological polar surface area (TPSA) is 46.9 Å². The molecule has 0 saturated carbocycles. The van der Waals surface area contributed by atoms with Gasteiger partial charge in [-0.1, -0.05) is 42.5 Å². The number of benzene rings is 2. The Morgan fingerprint density at radius 2 is 2.04 bits per heavy atom. The molecule has 122 valence electrons. The minimum atomic E-state index is -0.194. The highest BCUT2D eigenvalue weighted by atomic mass is 16.1. The predicted octanol–water partition coefficient (Wildman–Crippen LogP) is 3.50. The lowest BCUT2D eigenvalue weighted by Crippen LogP contribution is -2.22. The Bertz CT molecular complexity index is 908. The van der Waals surface area contributed by atoms with E-state index in [1.807, 2.05) is 18.2 Å². The lowest BCUT2D eigenvalue weighted by atomic mass is 10.1. The number of hydrogen-bond acceptors (Lipinski definition) is 2. The van der Waals surface area contributed by atoms with Crippen molar-refractivity contribution in [2.45, 2.75) is 26.9 Å². The van der Waals surface area contributed by atoms with Crippen molar-refractivity contribution in [3.63, 3.8) is 0 Å². The predicted molar refractivity (Wildman–Crippen MR) is 96.8 cm³/mol. The lowest BCUT2D eigenvalue weighted by molar-refractivity contribution is -0.116. The molecule has 0 radical (unpaired) electrons. The van der Waals surface area contributed by atoms with Crippen molar-refractivity contribution in [1.29, 1.82) is 0 Å². The van der Waals surface area contributed by atoms with Gasteiger partial charge in [0.05, 0.1) is 17.6 Å². The highest BCUT2D eigenvalue weighted by Crippen LogP contribution is 2.20. The number of fused-ring (bicyclic) bond motifs is 1. The van der Waals surface area contributed by atoms with Crippen molar-refractivity contribution >= 4 is 16.9 Å². The van der Waals surface area contributed by atoms with Gasteiger partial charge in [0, 0.05) is 6.54 Å². The molecule has 1 heterocycles. The van der Waals surface area contributed by atoms with Crippen LogP contribution in [0.15, 0.2) is 55.1 Å². The van der Waals surface area contributed by atoms with Gasteiger partial charge >= 0.3 is 0 Å². The molecule has 3 rings (SSSR count). The zero-order valence-corrected chi connectivity index (χ0v) is 14.0. The Hall–Kier alpha value is -2.88. The molecule has 4 heteroatoms. The summed E-state index contributed by atoms with van der Waals surface area (Å²) >= 11 is 0. The Balaban J connectivity index is 2.02. The number of amides is 1. The number of nitrogens with zero attached hydrogens (tertiary/aromatic N) is 2. The van der Waals surface area contributed by atoms with Gasteiger partial charge in [0.1, 0.15) is 5.82 Å². The van der Waals surface area contributed by atoms with E-state index in [-0.39, 0.29) is 5.91 Å². The van der Waals surface area contributed by atoms with Gasteiger partial charge in [-0.2, -0.15) is 0 Å². The van der Waals surface area contributed by atoms with Gasteiger partial charge in [0.25, 0.3) is 0 Å². The second-order valence-corrected chi connectivity index (χ2v) is 5.95. The molecule has 3 aromatic rings. The molecule has 0 atom stereocenters. The van der Waals surface area contributed by atoms with Gasteiger partial charge in [-0.05, 0) is 43.2 Å². The Morgan fingerprint density at radius 3 is 2.83 bits per heavy atom. The lowest BCUT2D eigenvalue weighted by Gasteiger charge is -2.12. The molecule has 1 N–H and O–H groups in total. The van der Waals surface area contributed by atoms with Crippen LogP contribution < -0.4 is 5.32 Å². The maximum Gasteiger partial charge on any atom is 0.243 e. The van der Waals surface area contributed by atoms with Crippen LogP contribution in [0.5, 0.6) is 0 Å². The minimum Gasteiger partial charge on any atom is -0.345 e. The van der Waals surface area contributed by atoms with Crippen molar-refractivity contribution in [2.75, 3.05) is 0 Å². The second kappa shape index (κ2) is 6.71. The summed E-state index contributed by atoms with van der Waals surface area (Å²) in [6.07, 6.45) is 1.28. The number of carbonyl (C=O) groups is 1. The standard InChI is InChI=1S/C20H21N3O/c1-4-20(24)21-12-19-22-17-7-5-6-8-18(17)23(19)13-16-11-14(2)9-10-15(16)3/h4-11H,1,12-13H2,2-3H3,(H,21,24). The fourth-order valence-electron chi connectivity index (χ4n) is 2.82. The normalized spacial score (nSPS) is 10.8. The summed E-state index contributed by atoms with van der Waals surface area (Å²) in [6, 6.07) is 14.5. The zero-order chi connectivity index (χ0) is 17.1. The molecule has 4 nitrogen and oxygen atoms in total. The Morgan fingerprint density at radius 1 is 1.25 bits per heavy atom. The fraction of sp³-hybridized carbons (Fsp3) is 0.200. The van der Waals surface area contributed by atoms with Gasteiger partial charge in [-0.3, -0.25) is 4.79 Å². The summed E-state index contributed by atoms with van der Waals surface area (Å²) in [5.74, 6) is 0.646. The van der Waals surface area contributed by atoms with Crippen LogP contribution in [0.2, 0.25) is 0 Å². The molecule has 24 heavy (non-hydrogen) atoms. The molecule has 0 spiro atoms. The van der Waals surface area contributed by atoms with Crippen LogP contribution in [0.1, 0.15) is 22.5 Å². The first-order chi connectivity index (χ1) is 11.6. The van der Waals surface area contributed by atoms with Crippen LogP contribution in [-0.4, -0.2) is 15.5 Å². The maximum atomic E-state index is 11.5. The van der Waals surface area contributed by atoms with E-state index >= 15 is 0 Å². The van der Waals surface area contributed by atoms with Gasteiger partial charge in [0.15, 0.2) is 0 Å². The SMILES string of the molecule is C=CC(=O)NCc1nc2ccccc2n1Cc1cc(C)ccc1C. The van der Waals surface area contributed by atoms with Crippen LogP contribution in [0.25, 0.3) is 11.0 Å². The number of aromatic nitrogens is 2. The summed E-state index contributed by atoms with van der Waals surface area (Å²) in [7, 11) is 0. The van der Waals surface area contributed by atoms with Crippen molar-refractivity contribution in [3.05, 3.63) is 77.6 Å². The number of aryl methyl sites for hydroxylation is 2. The van der Waals surface area contributed by atoms with E-state index < -0.39 is 0 Å². The molecule has 1 aromatic heterocycles. The quantitative estimate of drug-likeness (QED) is 0.732. The van der Waals surface area contributed by atoms with Gasteiger partial charge in [-0.15, -0.1) is 0 Å². The molecule has 0 aliphatic carbocycles. The van der Waals surface area contributed by atoms with Crippen LogP contribution in [0, 0.1) is 13.8 Å². The number of hydrogen-bond donors (Lipinski definition) is 1. The van der Waals surface area contributed by atoms with Crippen LogP contribution >= 0.6 is 0 Å². The van der Waals surface area contributed by atoms with E-state index in [0.29, 0.717) is 6.54 Å². The fourth-order valence-corrected chi connectivity index (χ4v) is 2.82. The highest BCUT2D eigenvalue weighted by molar-refractivity contribution is 5.86. The monoisotopic (exact) mass is 319 g/mol. The van der Waals surface area contributed by atoms with Crippen molar-refractivity contribution < 1.29 is 4.79 Å². The molecule has 0 fully saturated rings. The first-order valence-corrected chi connectivity index (χ1v) is 7.99. The number of imidazole rings is 1. The smallest absolute Gasteiger partial charge is 0.243 e. The Labute approximate surface area is 141 Å². The average molecular weight is 319 g/mol. The van der Waals surface area contributed by atoms with E-state index in [1.54, 1.807) is 0 Å². The number of nitrogens with one attached hydrogen (secondary N) is 1. The molecule has 0 unspecified atom stereocenters. The molecule has 0 aliphatic heterocycles. The number of rotatable bonds is 5. The number of carbonyl (C=O) groups excluding carboxylic acids is 1. The van der Waals surface area contributed by atoms with Crippen LogP contribution in [0.4, 0.5) is 0 Å². The summed E-state index contributed by atoms with van der Waals surface area (Å²) in [6.45, 7) is 8.81.